The zero-order chi connectivity index (χ0) is 14.8. The molecule has 0 aromatic heterocycles. The number of hydrogen-bond donors (Lipinski definition) is 1. The lowest BCUT2D eigenvalue weighted by molar-refractivity contribution is -0.135. The van der Waals surface area contributed by atoms with Gasteiger partial charge in [-0.1, -0.05) is 18.2 Å². The van der Waals surface area contributed by atoms with Crippen LogP contribution in [-0.4, -0.2) is 41.2 Å². The summed E-state index contributed by atoms with van der Waals surface area (Å²) in [6.45, 7) is 4.27. The van der Waals surface area contributed by atoms with Crippen LogP contribution >= 0.6 is 0 Å². The fourth-order valence-corrected chi connectivity index (χ4v) is 2.91. The summed E-state index contributed by atoms with van der Waals surface area (Å²) in [6, 6.07) is 7.47. The standard InChI is InChI=1S/C16H23NO3/c1-16(2,19)14-9-6-10-17(14)15(18)11-12-7-4-5-8-13(12)20-3/h4-5,7-8,14,19H,6,9-11H2,1-3H3. The van der Waals surface area contributed by atoms with Crippen molar-refractivity contribution >= 4 is 5.91 Å². The Bertz CT molecular complexity index is 479. The maximum Gasteiger partial charge on any atom is 0.227 e. The third-order valence-corrected chi connectivity index (χ3v) is 3.92. The summed E-state index contributed by atoms with van der Waals surface area (Å²) in [5, 5.41) is 10.2. The minimum Gasteiger partial charge on any atom is -0.496 e. The van der Waals surface area contributed by atoms with Gasteiger partial charge in [-0.2, -0.15) is 0 Å². The van der Waals surface area contributed by atoms with Gasteiger partial charge in [-0.15, -0.1) is 0 Å². The van der Waals surface area contributed by atoms with E-state index < -0.39 is 5.60 Å². The molecule has 0 aliphatic carbocycles. The van der Waals surface area contributed by atoms with Gasteiger partial charge in [0, 0.05) is 12.1 Å². The van der Waals surface area contributed by atoms with Crippen LogP contribution in [0.2, 0.25) is 0 Å². The fourth-order valence-electron chi connectivity index (χ4n) is 2.91. The van der Waals surface area contributed by atoms with Crippen molar-refractivity contribution in [2.45, 2.75) is 44.8 Å². The Labute approximate surface area is 120 Å². The van der Waals surface area contributed by atoms with Crippen molar-refractivity contribution in [2.75, 3.05) is 13.7 Å². The predicted octanol–water partition coefficient (Wildman–Crippen LogP) is 2.00. The van der Waals surface area contributed by atoms with Gasteiger partial charge < -0.3 is 14.7 Å². The lowest BCUT2D eigenvalue weighted by Crippen LogP contribution is -2.48. The van der Waals surface area contributed by atoms with Crippen LogP contribution in [0.3, 0.4) is 0 Å². The molecule has 0 radical (unpaired) electrons. The van der Waals surface area contributed by atoms with Crippen molar-refractivity contribution in [1.29, 1.82) is 0 Å². The second-order valence-corrected chi connectivity index (χ2v) is 5.89. The molecule has 110 valence electrons. The minimum atomic E-state index is -0.854. The molecule has 1 amide bonds. The van der Waals surface area contributed by atoms with E-state index in [0.29, 0.717) is 6.42 Å². The van der Waals surface area contributed by atoms with Gasteiger partial charge in [0.25, 0.3) is 0 Å². The lowest BCUT2D eigenvalue weighted by Gasteiger charge is -2.34. The third-order valence-electron chi connectivity index (χ3n) is 3.92. The van der Waals surface area contributed by atoms with Crippen molar-refractivity contribution in [3.8, 4) is 5.75 Å². The van der Waals surface area contributed by atoms with E-state index in [2.05, 4.69) is 0 Å². The molecule has 0 bridgehead atoms. The van der Waals surface area contributed by atoms with Gasteiger partial charge in [0.2, 0.25) is 5.91 Å². The number of carbonyl (C=O) groups excluding carboxylic acids is 1. The first-order valence-electron chi connectivity index (χ1n) is 7.07. The Balaban J connectivity index is 2.12. The summed E-state index contributed by atoms with van der Waals surface area (Å²) in [6.07, 6.45) is 2.13. The molecule has 1 aromatic carbocycles. The number of aliphatic hydroxyl groups is 1. The number of benzene rings is 1. The van der Waals surface area contributed by atoms with Gasteiger partial charge in [0.1, 0.15) is 5.75 Å². The SMILES string of the molecule is COc1ccccc1CC(=O)N1CCCC1C(C)(C)O. The molecule has 4 heteroatoms. The second kappa shape index (κ2) is 5.83. The van der Waals surface area contributed by atoms with E-state index in [0.717, 1.165) is 30.7 Å². The van der Waals surface area contributed by atoms with Crippen LogP contribution < -0.4 is 4.74 Å². The Morgan fingerprint density at radius 1 is 1.45 bits per heavy atom. The number of methoxy groups -OCH3 is 1. The number of likely N-dealkylation sites (tertiary alicyclic amines) is 1. The topological polar surface area (TPSA) is 49.8 Å². The zero-order valence-electron chi connectivity index (χ0n) is 12.4. The molecule has 1 N–H and O–H groups in total. The molecule has 1 unspecified atom stereocenters. The molecule has 1 heterocycles. The van der Waals surface area contributed by atoms with E-state index in [1.807, 2.05) is 29.2 Å². The first-order chi connectivity index (χ1) is 9.43. The molecule has 1 atom stereocenters. The molecule has 2 rings (SSSR count). The van der Waals surface area contributed by atoms with Crippen LogP contribution in [0.5, 0.6) is 5.75 Å². The van der Waals surface area contributed by atoms with E-state index in [1.54, 1.807) is 21.0 Å². The highest BCUT2D eigenvalue weighted by atomic mass is 16.5. The molecular formula is C16H23NO3. The second-order valence-electron chi connectivity index (χ2n) is 5.89. The van der Waals surface area contributed by atoms with Crippen molar-refractivity contribution in [3.05, 3.63) is 29.8 Å². The number of amides is 1. The fraction of sp³-hybridized carbons (Fsp3) is 0.562. The number of rotatable bonds is 4. The zero-order valence-corrected chi connectivity index (χ0v) is 12.4. The van der Waals surface area contributed by atoms with Crippen LogP contribution in [0.25, 0.3) is 0 Å². The molecule has 1 aliphatic rings. The van der Waals surface area contributed by atoms with Crippen molar-refractivity contribution in [2.24, 2.45) is 0 Å². The average Bonchev–Trinajstić information content (AvgIpc) is 2.88. The summed E-state index contributed by atoms with van der Waals surface area (Å²) in [7, 11) is 1.61. The number of ether oxygens (including phenoxy) is 1. The van der Waals surface area contributed by atoms with Crippen LogP contribution in [0.4, 0.5) is 0 Å². The molecule has 4 nitrogen and oxygen atoms in total. The van der Waals surface area contributed by atoms with E-state index in [4.69, 9.17) is 4.74 Å². The van der Waals surface area contributed by atoms with Crippen LogP contribution in [-0.2, 0) is 11.2 Å². The van der Waals surface area contributed by atoms with E-state index in [1.165, 1.54) is 0 Å². The summed E-state index contributed by atoms with van der Waals surface area (Å²) < 4.78 is 5.28. The van der Waals surface area contributed by atoms with Crippen LogP contribution in [0.1, 0.15) is 32.3 Å². The number of hydrogen-bond acceptors (Lipinski definition) is 3. The summed E-state index contributed by atoms with van der Waals surface area (Å²) >= 11 is 0. The molecule has 20 heavy (non-hydrogen) atoms. The first-order valence-corrected chi connectivity index (χ1v) is 7.07. The molecule has 0 saturated carbocycles. The Morgan fingerprint density at radius 2 is 2.15 bits per heavy atom. The Morgan fingerprint density at radius 3 is 2.80 bits per heavy atom. The average molecular weight is 277 g/mol. The summed E-state index contributed by atoms with van der Waals surface area (Å²) in [5.41, 5.74) is 0.0359. The minimum absolute atomic E-state index is 0.0547. The van der Waals surface area contributed by atoms with E-state index in [-0.39, 0.29) is 11.9 Å². The van der Waals surface area contributed by atoms with Crippen molar-refractivity contribution < 1.29 is 14.6 Å². The largest absolute Gasteiger partial charge is 0.496 e. The monoisotopic (exact) mass is 277 g/mol. The molecule has 1 aromatic rings. The van der Waals surface area contributed by atoms with E-state index >= 15 is 0 Å². The van der Waals surface area contributed by atoms with Crippen molar-refractivity contribution in [3.63, 3.8) is 0 Å². The Hall–Kier alpha value is -1.55. The molecule has 1 saturated heterocycles. The quantitative estimate of drug-likeness (QED) is 0.915. The summed E-state index contributed by atoms with van der Waals surface area (Å²) in [5.74, 6) is 0.791. The molecule has 1 fully saturated rings. The number of carbonyl (C=O) groups is 1. The maximum atomic E-state index is 12.5. The summed E-state index contributed by atoms with van der Waals surface area (Å²) in [4.78, 5) is 14.3. The molecule has 1 aliphatic heterocycles. The third kappa shape index (κ3) is 3.12. The van der Waals surface area contributed by atoms with Gasteiger partial charge in [-0.25, -0.2) is 0 Å². The van der Waals surface area contributed by atoms with Gasteiger partial charge in [0.15, 0.2) is 0 Å². The highest BCUT2D eigenvalue weighted by Crippen LogP contribution is 2.28. The highest BCUT2D eigenvalue weighted by Gasteiger charge is 2.38. The number of nitrogens with zero attached hydrogens (tertiary/aromatic N) is 1. The maximum absolute atomic E-state index is 12.5. The van der Waals surface area contributed by atoms with Gasteiger partial charge in [-0.05, 0) is 32.8 Å². The number of para-hydroxylation sites is 1. The van der Waals surface area contributed by atoms with Gasteiger partial charge in [-0.3, -0.25) is 4.79 Å². The first kappa shape index (κ1) is 14.9. The smallest absolute Gasteiger partial charge is 0.227 e. The normalized spacial score (nSPS) is 19.2. The van der Waals surface area contributed by atoms with Crippen LogP contribution in [0, 0.1) is 0 Å². The lowest BCUT2D eigenvalue weighted by atomic mass is 9.96. The van der Waals surface area contributed by atoms with Gasteiger partial charge in [0.05, 0.1) is 25.2 Å². The highest BCUT2D eigenvalue weighted by molar-refractivity contribution is 5.80. The molecule has 0 spiro atoms. The van der Waals surface area contributed by atoms with E-state index in [9.17, 15) is 9.90 Å². The van der Waals surface area contributed by atoms with Gasteiger partial charge >= 0.3 is 0 Å². The Kier molecular flexibility index (Phi) is 4.33. The predicted molar refractivity (Wildman–Crippen MR) is 77.7 cm³/mol. The van der Waals surface area contributed by atoms with Crippen molar-refractivity contribution in [1.82, 2.24) is 4.90 Å². The van der Waals surface area contributed by atoms with Crippen LogP contribution in [0.15, 0.2) is 24.3 Å². The molecular weight excluding hydrogens is 254 g/mol.